The normalized spacial score (nSPS) is 13.9. The molecule has 1 N–H and O–H groups in total. The highest BCUT2D eigenvalue weighted by atomic mass is 16.5. The molecule has 6 heteroatoms. The highest BCUT2D eigenvalue weighted by Gasteiger charge is 2.21. The zero-order valence-corrected chi connectivity index (χ0v) is 15.8. The maximum absolute atomic E-state index is 12.8. The highest BCUT2D eigenvalue weighted by molar-refractivity contribution is 6.00. The number of likely N-dealkylation sites (N-methyl/N-ethyl adjacent to an activating group) is 1. The Morgan fingerprint density at radius 2 is 1.78 bits per heavy atom. The largest absolute Gasteiger partial charge is 0.378 e. The molecule has 2 amide bonds. The average Bonchev–Trinajstić information content (AvgIpc) is 2.70. The van der Waals surface area contributed by atoms with Crippen molar-refractivity contribution in [1.82, 2.24) is 4.90 Å². The van der Waals surface area contributed by atoms with E-state index in [-0.39, 0.29) is 18.4 Å². The third-order valence-electron chi connectivity index (χ3n) is 4.71. The van der Waals surface area contributed by atoms with Gasteiger partial charge in [-0.1, -0.05) is 24.3 Å². The van der Waals surface area contributed by atoms with Crippen molar-refractivity contribution in [2.24, 2.45) is 0 Å². The van der Waals surface area contributed by atoms with E-state index in [1.165, 1.54) is 0 Å². The molecule has 0 spiro atoms. The van der Waals surface area contributed by atoms with Gasteiger partial charge in [0.15, 0.2) is 0 Å². The SMILES string of the molecule is Cc1c(NC(=O)CN(C)c2ccccc2)cccc1C(=O)N1CCOCC1. The highest BCUT2D eigenvalue weighted by Crippen LogP contribution is 2.21. The first-order valence-electron chi connectivity index (χ1n) is 9.09. The third kappa shape index (κ3) is 4.65. The van der Waals surface area contributed by atoms with Gasteiger partial charge in [-0.2, -0.15) is 0 Å². The number of rotatable bonds is 5. The van der Waals surface area contributed by atoms with Crippen LogP contribution >= 0.6 is 0 Å². The van der Waals surface area contributed by atoms with Gasteiger partial charge in [0.25, 0.3) is 5.91 Å². The van der Waals surface area contributed by atoms with Crippen molar-refractivity contribution < 1.29 is 14.3 Å². The molecule has 1 aliphatic heterocycles. The van der Waals surface area contributed by atoms with Crippen molar-refractivity contribution >= 4 is 23.2 Å². The fraction of sp³-hybridized carbons (Fsp3) is 0.333. The van der Waals surface area contributed by atoms with Crippen LogP contribution in [0.15, 0.2) is 48.5 Å². The van der Waals surface area contributed by atoms with Crippen LogP contribution in [-0.2, 0) is 9.53 Å². The van der Waals surface area contributed by atoms with Gasteiger partial charge in [-0.15, -0.1) is 0 Å². The van der Waals surface area contributed by atoms with Crippen LogP contribution in [-0.4, -0.2) is 56.6 Å². The number of carbonyl (C=O) groups excluding carboxylic acids is 2. The second-order valence-electron chi connectivity index (χ2n) is 6.62. The van der Waals surface area contributed by atoms with E-state index < -0.39 is 0 Å². The van der Waals surface area contributed by atoms with E-state index in [1.807, 2.05) is 55.3 Å². The first-order valence-corrected chi connectivity index (χ1v) is 9.09. The Kier molecular flexibility index (Phi) is 6.08. The van der Waals surface area contributed by atoms with Crippen LogP contribution in [0.25, 0.3) is 0 Å². The van der Waals surface area contributed by atoms with Crippen molar-refractivity contribution in [1.29, 1.82) is 0 Å². The van der Waals surface area contributed by atoms with E-state index in [2.05, 4.69) is 5.32 Å². The second kappa shape index (κ2) is 8.68. The van der Waals surface area contributed by atoms with Crippen molar-refractivity contribution in [2.75, 3.05) is 50.1 Å². The fourth-order valence-corrected chi connectivity index (χ4v) is 3.12. The number of hydrogen-bond donors (Lipinski definition) is 1. The van der Waals surface area contributed by atoms with Crippen molar-refractivity contribution in [2.45, 2.75) is 6.92 Å². The first-order chi connectivity index (χ1) is 13.1. The number of ether oxygens (including phenoxy) is 1. The van der Waals surface area contributed by atoms with Gasteiger partial charge in [-0.25, -0.2) is 0 Å². The van der Waals surface area contributed by atoms with Gasteiger partial charge in [-0.05, 0) is 36.8 Å². The maximum atomic E-state index is 12.8. The molecule has 0 aliphatic carbocycles. The summed E-state index contributed by atoms with van der Waals surface area (Å²) in [5.74, 6) is -0.145. The van der Waals surface area contributed by atoms with Gasteiger partial charge < -0.3 is 19.9 Å². The van der Waals surface area contributed by atoms with Crippen LogP contribution < -0.4 is 10.2 Å². The zero-order valence-electron chi connectivity index (χ0n) is 15.8. The van der Waals surface area contributed by atoms with Crippen LogP contribution in [0.1, 0.15) is 15.9 Å². The molecule has 1 fully saturated rings. The Morgan fingerprint density at radius 3 is 2.48 bits per heavy atom. The molecule has 0 radical (unpaired) electrons. The van der Waals surface area contributed by atoms with Crippen LogP contribution in [0.3, 0.4) is 0 Å². The smallest absolute Gasteiger partial charge is 0.254 e. The average molecular weight is 367 g/mol. The van der Waals surface area contributed by atoms with Gasteiger partial charge in [-0.3, -0.25) is 9.59 Å². The first kappa shape index (κ1) is 18.9. The van der Waals surface area contributed by atoms with Crippen LogP contribution in [0.4, 0.5) is 11.4 Å². The standard InChI is InChI=1S/C21H25N3O3/c1-16-18(21(26)24-11-13-27-14-12-24)9-6-10-19(16)22-20(25)15-23(2)17-7-4-3-5-8-17/h3-10H,11-15H2,1-2H3,(H,22,25). The molecule has 0 atom stereocenters. The molecule has 1 aliphatic rings. The lowest BCUT2D eigenvalue weighted by atomic mass is 10.0. The zero-order chi connectivity index (χ0) is 19.2. The number of hydrogen-bond acceptors (Lipinski definition) is 4. The topological polar surface area (TPSA) is 61.9 Å². The number of morpholine rings is 1. The number of amides is 2. The van der Waals surface area contributed by atoms with E-state index >= 15 is 0 Å². The predicted molar refractivity (Wildman–Crippen MR) is 106 cm³/mol. The van der Waals surface area contributed by atoms with Gasteiger partial charge in [0.05, 0.1) is 19.8 Å². The summed E-state index contributed by atoms with van der Waals surface area (Å²) < 4.78 is 5.31. The lowest BCUT2D eigenvalue weighted by molar-refractivity contribution is -0.114. The second-order valence-corrected chi connectivity index (χ2v) is 6.62. The molecule has 3 rings (SSSR count). The number of carbonyl (C=O) groups is 2. The summed E-state index contributed by atoms with van der Waals surface area (Å²) in [6, 6.07) is 15.2. The summed E-state index contributed by atoms with van der Waals surface area (Å²) in [5, 5.41) is 2.93. The monoisotopic (exact) mass is 367 g/mol. The Bertz CT molecular complexity index is 802. The van der Waals surface area contributed by atoms with Gasteiger partial charge in [0.1, 0.15) is 0 Å². The molecule has 0 bridgehead atoms. The number of nitrogens with one attached hydrogen (secondary N) is 1. The summed E-state index contributed by atoms with van der Waals surface area (Å²) in [5.41, 5.74) is 3.04. The molecular formula is C21H25N3O3. The molecule has 0 aromatic heterocycles. The van der Waals surface area contributed by atoms with Gasteiger partial charge >= 0.3 is 0 Å². The molecule has 6 nitrogen and oxygen atoms in total. The summed E-state index contributed by atoms with van der Waals surface area (Å²) in [6.07, 6.45) is 0. The molecule has 0 saturated carbocycles. The van der Waals surface area contributed by atoms with Gasteiger partial charge in [0, 0.05) is 37.1 Å². The molecule has 0 unspecified atom stereocenters. The molecule has 1 heterocycles. The number of benzene rings is 2. The quantitative estimate of drug-likeness (QED) is 0.882. The van der Waals surface area contributed by atoms with E-state index in [1.54, 1.807) is 17.0 Å². The number of para-hydroxylation sites is 1. The minimum atomic E-state index is -0.125. The molecule has 2 aromatic carbocycles. The third-order valence-corrected chi connectivity index (χ3v) is 4.71. The summed E-state index contributed by atoms with van der Waals surface area (Å²) >= 11 is 0. The van der Waals surface area contributed by atoms with Gasteiger partial charge in [0.2, 0.25) is 5.91 Å². The van der Waals surface area contributed by atoms with E-state index in [0.29, 0.717) is 37.6 Å². The molecule has 1 saturated heterocycles. The number of anilines is 2. The Hall–Kier alpha value is -2.86. The minimum absolute atomic E-state index is 0.0201. The maximum Gasteiger partial charge on any atom is 0.254 e. The van der Waals surface area contributed by atoms with E-state index in [4.69, 9.17) is 4.74 Å². The van der Waals surface area contributed by atoms with Crippen LogP contribution in [0, 0.1) is 6.92 Å². The molecule has 27 heavy (non-hydrogen) atoms. The van der Waals surface area contributed by atoms with Crippen LogP contribution in [0.5, 0.6) is 0 Å². The summed E-state index contributed by atoms with van der Waals surface area (Å²) in [4.78, 5) is 28.9. The molecular weight excluding hydrogens is 342 g/mol. The molecule has 2 aromatic rings. The Morgan fingerprint density at radius 1 is 1.07 bits per heavy atom. The lowest BCUT2D eigenvalue weighted by Crippen LogP contribution is -2.41. The van der Waals surface area contributed by atoms with E-state index in [9.17, 15) is 9.59 Å². The van der Waals surface area contributed by atoms with E-state index in [0.717, 1.165) is 11.3 Å². The predicted octanol–water partition coefficient (Wildman–Crippen LogP) is 2.54. The van der Waals surface area contributed by atoms with Crippen molar-refractivity contribution in [3.63, 3.8) is 0 Å². The number of nitrogens with zero attached hydrogens (tertiary/aromatic N) is 2. The summed E-state index contributed by atoms with van der Waals surface area (Å²) in [6.45, 7) is 4.41. The molecule has 142 valence electrons. The fourth-order valence-electron chi connectivity index (χ4n) is 3.12. The Labute approximate surface area is 159 Å². The van der Waals surface area contributed by atoms with Crippen LogP contribution in [0.2, 0.25) is 0 Å². The lowest BCUT2D eigenvalue weighted by Gasteiger charge is -2.27. The van der Waals surface area contributed by atoms with Crippen molar-refractivity contribution in [3.8, 4) is 0 Å². The Balaban J connectivity index is 1.68. The van der Waals surface area contributed by atoms with Crippen molar-refractivity contribution in [3.05, 3.63) is 59.7 Å². The minimum Gasteiger partial charge on any atom is -0.378 e. The summed E-state index contributed by atoms with van der Waals surface area (Å²) in [7, 11) is 1.88.